The van der Waals surface area contributed by atoms with Crippen molar-refractivity contribution in [3.8, 4) is 0 Å². The smallest absolute Gasteiger partial charge is 0.243 e. The minimum Gasteiger partial charge on any atom is -0.356 e. The van der Waals surface area contributed by atoms with Crippen LogP contribution in [0.4, 0.5) is 0 Å². The molecule has 0 atom stereocenters. The number of carbonyl (C=O) groups excluding carboxylic acids is 1. The highest BCUT2D eigenvalue weighted by atomic mass is 16.1. The number of hydrogen-bond acceptors (Lipinski definition) is 1. The summed E-state index contributed by atoms with van der Waals surface area (Å²) in [5.41, 5.74) is 0.907. The molecule has 0 aromatic carbocycles. The van der Waals surface area contributed by atoms with Gasteiger partial charge in [0.15, 0.2) is 0 Å². The van der Waals surface area contributed by atoms with E-state index in [1.165, 1.54) is 6.08 Å². The molecule has 0 bridgehead atoms. The van der Waals surface area contributed by atoms with Crippen molar-refractivity contribution in [3.05, 3.63) is 36.5 Å². The highest BCUT2D eigenvalue weighted by Crippen LogP contribution is 1.93. The molecule has 0 aromatic heterocycles. The Balaban J connectivity index is 4.10. The Labute approximate surface area is 67.3 Å². The van der Waals surface area contributed by atoms with Crippen LogP contribution in [0, 0.1) is 0 Å². The standard InChI is InChI=1S/C9H13NO/c1-4-5-6-8(2)7-9(11)10-3/h4-7H,1H2,2-3H3,(H,10,11)/b6-5-,8-7+. The van der Waals surface area contributed by atoms with Crippen molar-refractivity contribution in [2.24, 2.45) is 0 Å². The van der Waals surface area contributed by atoms with Gasteiger partial charge >= 0.3 is 0 Å². The summed E-state index contributed by atoms with van der Waals surface area (Å²) in [5, 5.41) is 2.50. The monoisotopic (exact) mass is 151 g/mol. The number of allylic oxidation sites excluding steroid dienone is 4. The van der Waals surface area contributed by atoms with Crippen LogP contribution in [-0.2, 0) is 4.79 Å². The second kappa shape index (κ2) is 5.47. The fourth-order valence-electron chi connectivity index (χ4n) is 0.547. The maximum Gasteiger partial charge on any atom is 0.243 e. The van der Waals surface area contributed by atoms with Gasteiger partial charge in [-0.1, -0.05) is 24.8 Å². The first-order valence-corrected chi connectivity index (χ1v) is 3.40. The number of hydrogen-bond donors (Lipinski definition) is 1. The minimum atomic E-state index is -0.0868. The van der Waals surface area contributed by atoms with E-state index < -0.39 is 0 Å². The maximum atomic E-state index is 10.7. The molecular weight excluding hydrogens is 138 g/mol. The van der Waals surface area contributed by atoms with E-state index in [4.69, 9.17) is 0 Å². The third-order valence-corrected chi connectivity index (χ3v) is 1.10. The van der Waals surface area contributed by atoms with Crippen molar-refractivity contribution >= 4 is 5.91 Å². The van der Waals surface area contributed by atoms with Crippen LogP contribution < -0.4 is 5.32 Å². The summed E-state index contributed by atoms with van der Waals surface area (Å²) >= 11 is 0. The van der Waals surface area contributed by atoms with Gasteiger partial charge in [0.05, 0.1) is 0 Å². The molecule has 0 radical (unpaired) electrons. The first-order chi connectivity index (χ1) is 5.20. The van der Waals surface area contributed by atoms with E-state index in [-0.39, 0.29) is 5.91 Å². The van der Waals surface area contributed by atoms with Gasteiger partial charge in [-0.15, -0.1) is 0 Å². The lowest BCUT2D eigenvalue weighted by atomic mass is 10.2. The number of likely N-dealkylation sites (N-methyl/N-ethyl adjacent to an activating group) is 1. The Hall–Kier alpha value is -1.31. The van der Waals surface area contributed by atoms with E-state index >= 15 is 0 Å². The fraction of sp³-hybridized carbons (Fsp3) is 0.222. The van der Waals surface area contributed by atoms with Crippen LogP contribution in [0.25, 0.3) is 0 Å². The normalized spacial score (nSPS) is 11.6. The number of nitrogens with one attached hydrogen (secondary N) is 1. The largest absolute Gasteiger partial charge is 0.356 e. The molecule has 0 aliphatic heterocycles. The van der Waals surface area contributed by atoms with Crippen LogP contribution in [0.15, 0.2) is 36.5 Å². The fourth-order valence-corrected chi connectivity index (χ4v) is 0.547. The van der Waals surface area contributed by atoms with Crippen molar-refractivity contribution in [3.63, 3.8) is 0 Å². The summed E-state index contributed by atoms with van der Waals surface area (Å²) in [7, 11) is 1.60. The number of amides is 1. The maximum absolute atomic E-state index is 10.7. The van der Waals surface area contributed by atoms with Crippen molar-refractivity contribution in [1.82, 2.24) is 5.32 Å². The van der Waals surface area contributed by atoms with E-state index in [2.05, 4.69) is 11.9 Å². The van der Waals surface area contributed by atoms with Crippen molar-refractivity contribution in [2.45, 2.75) is 6.92 Å². The third-order valence-electron chi connectivity index (χ3n) is 1.10. The molecular formula is C9H13NO. The molecule has 60 valence electrons. The second-order valence-electron chi connectivity index (χ2n) is 2.10. The Morgan fingerprint density at radius 2 is 2.18 bits per heavy atom. The van der Waals surface area contributed by atoms with E-state index in [0.717, 1.165) is 5.57 Å². The second-order valence-corrected chi connectivity index (χ2v) is 2.10. The molecule has 0 saturated carbocycles. The summed E-state index contributed by atoms with van der Waals surface area (Å²) in [5.74, 6) is -0.0868. The van der Waals surface area contributed by atoms with Gasteiger partial charge in [-0.25, -0.2) is 0 Å². The Morgan fingerprint density at radius 3 is 2.64 bits per heavy atom. The molecule has 2 nitrogen and oxygen atoms in total. The zero-order valence-electron chi connectivity index (χ0n) is 6.92. The Kier molecular flexibility index (Phi) is 4.82. The van der Waals surface area contributed by atoms with Gasteiger partial charge in [0.2, 0.25) is 5.91 Å². The van der Waals surface area contributed by atoms with Gasteiger partial charge in [-0.2, -0.15) is 0 Å². The first-order valence-electron chi connectivity index (χ1n) is 3.40. The number of carbonyl (C=O) groups is 1. The highest BCUT2D eigenvalue weighted by molar-refractivity contribution is 5.88. The third kappa shape index (κ3) is 5.15. The summed E-state index contributed by atoms with van der Waals surface area (Å²) in [6.45, 7) is 5.37. The van der Waals surface area contributed by atoms with E-state index in [1.54, 1.807) is 19.2 Å². The predicted octanol–water partition coefficient (Wildman–Crippen LogP) is 1.42. The molecule has 0 fully saturated rings. The zero-order valence-corrected chi connectivity index (χ0v) is 6.92. The Bertz CT molecular complexity index is 202. The topological polar surface area (TPSA) is 29.1 Å². The van der Waals surface area contributed by atoms with Crippen LogP contribution in [0.5, 0.6) is 0 Å². The van der Waals surface area contributed by atoms with Gasteiger partial charge in [0.25, 0.3) is 0 Å². The minimum absolute atomic E-state index is 0.0868. The average Bonchev–Trinajstić information content (AvgIpc) is 2.00. The zero-order chi connectivity index (χ0) is 8.69. The van der Waals surface area contributed by atoms with E-state index in [1.807, 2.05) is 13.0 Å². The molecule has 1 amide bonds. The van der Waals surface area contributed by atoms with Crippen LogP contribution in [0.2, 0.25) is 0 Å². The highest BCUT2D eigenvalue weighted by Gasteiger charge is 1.89. The van der Waals surface area contributed by atoms with E-state index in [0.29, 0.717) is 0 Å². The molecule has 0 aliphatic carbocycles. The molecule has 0 saturated heterocycles. The molecule has 11 heavy (non-hydrogen) atoms. The van der Waals surface area contributed by atoms with Gasteiger partial charge in [0, 0.05) is 13.1 Å². The summed E-state index contributed by atoms with van der Waals surface area (Å²) in [4.78, 5) is 10.7. The van der Waals surface area contributed by atoms with Crippen LogP contribution >= 0.6 is 0 Å². The van der Waals surface area contributed by atoms with Crippen LogP contribution in [0.1, 0.15) is 6.92 Å². The number of rotatable bonds is 3. The molecule has 0 aromatic rings. The molecule has 0 rings (SSSR count). The summed E-state index contributed by atoms with van der Waals surface area (Å²) in [6, 6.07) is 0. The molecule has 0 aliphatic rings. The quantitative estimate of drug-likeness (QED) is 0.479. The summed E-state index contributed by atoms with van der Waals surface area (Å²) < 4.78 is 0. The first kappa shape index (κ1) is 9.69. The molecule has 1 N–H and O–H groups in total. The predicted molar refractivity (Wildman–Crippen MR) is 47.2 cm³/mol. The van der Waals surface area contributed by atoms with Crippen molar-refractivity contribution in [2.75, 3.05) is 7.05 Å². The Morgan fingerprint density at radius 1 is 1.55 bits per heavy atom. The lowest BCUT2D eigenvalue weighted by Gasteiger charge is -1.91. The lowest BCUT2D eigenvalue weighted by Crippen LogP contribution is -2.14. The molecule has 0 heterocycles. The molecule has 0 unspecified atom stereocenters. The molecule has 2 heteroatoms. The lowest BCUT2D eigenvalue weighted by molar-refractivity contribution is -0.116. The van der Waals surface area contributed by atoms with Crippen LogP contribution in [0.3, 0.4) is 0 Å². The van der Waals surface area contributed by atoms with Gasteiger partial charge in [0.1, 0.15) is 0 Å². The van der Waals surface area contributed by atoms with Gasteiger partial charge in [-0.3, -0.25) is 4.79 Å². The van der Waals surface area contributed by atoms with Crippen LogP contribution in [-0.4, -0.2) is 13.0 Å². The summed E-state index contributed by atoms with van der Waals surface area (Å²) in [6.07, 6.45) is 6.80. The average molecular weight is 151 g/mol. The van der Waals surface area contributed by atoms with Gasteiger partial charge in [-0.05, 0) is 12.5 Å². The van der Waals surface area contributed by atoms with Crippen molar-refractivity contribution in [1.29, 1.82) is 0 Å². The van der Waals surface area contributed by atoms with E-state index in [9.17, 15) is 4.79 Å². The SMILES string of the molecule is C=C/C=C\C(C)=C\C(=O)NC. The van der Waals surface area contributed by atoms with Gasteiger partial charge < -0.3 is 5.32 Å². The van der Waals surface area contributed by atoms with Crippen molar-refractivity contribution < 1.29 is 4.79 Å². The molecule has 0 spiro atoms.